The van der Waals surface area contributed by atoms with Gasteiger partial charge in [-0.3, -0.25) is 4.79 Å². The molecule has 3 rings (SSSR count). The summed E-state index contributed by atoms with van der Waals surface area (Å²) in [5.41, 5.74) is 1.74. The second-order valence-electron chi connectivity index (χ2n) is 7.68. The molecule has 0 saturated carbocycles. The first kappa shape index (κ1) is 18.0. The van der Waals surface area contributed by atoms with Crippen LogP contribution in [0.1, 0.15) is 26.3 Å². The molecular weight excluding hydrogens is 334 g/mol. The smallest absolute Gasteiger partial charge is 0.323 e. The number of hydrogen-bond donors (Lipinski definition) is 3. The monoisotopic (exact) mass is 359 g/mol. The quantitative estimate of drug-likeness (QED) is 0.747. The molecule has 2 heterocycles. The first-order valence-corrected chi connectivity index (χ1v) is 8.77. The molecule has 3 N–H and O–H groups in total. The molecule has 1 aliphatic rings. The van der Waals surface area contributed by atoms with Crippen LogP contribution in [0.5, 0.6) is 0 Å². The Morgan fingerprint density at radius 3 is 2.31 bits per heavy atom. The maximum absolute atomic E-state index is 12.5. The van der Waals surface area contributed by atoms with Gasteiger partial charge < -0.3 is 25.1 Å². The third-order valence-electron chi connectivity index (χ3n) is 4.34. The predicted octanol–water partition coefficient (Wildman–Crippen LogP) is 1.05. The lowest BCUT2D eigenvalue weighted by molar-refractivity contribution is -0.131. The lowest BCUT2D eigenvalue weighted by Gasteiger charge is -2.36. The van der Waals surface area contributed by atoms with Gasteiger partial charge in [0.2, 0.25) is 5.91 Å². The summed E-state index contributed by atoms with van der Waals surface area (Å²) in [7, 11) is 0. The van der Waals surface area contributed by atoms with Gasteiger partial charge in [0.25, 0.3) is 0 Å². The number of carbonyl (C=O) groups excluding carboxylic acids is 2. The molecule has 1 aliphatic heterocycles. The fraction of sp³-hybridized carbons (Fsp3) is 0.500. The van der Waals surface area contributed by atoms with E-state index in [1.165, 1.54) is 0 Å². The number of carbonyl (C=O) groups is 2. The van der Waals surface area contributed by atoms with Crippen molar-refractivity contribution in [3.8, 4) is 0 Å². The zero-order chi connectivity index (χ0) is 18.9. The van der Waals surface area contributed by atoms with Crippen LogP contribution >= 0.6 is 0 Å². The molecule has 8 heteroatoms. The number of nitrogens with zero attached hydrogens (tertiary/aromatic N) is 2. The van der Waals surface area contributed by atoms with Gasteiger partial charge in [-0.25, -0.2) is 9.59 Å². The van der Waals surface area contributed by atoms with Crippen molar-refractivity contribution in [2.45, 2.75) is 32.7 Å². The summed E-state index contributed by atoms with van der Waals surface area (Å²) >= 11 is 0. The average molecular weight is 359 g/mol. The Hall–Kier alpha value is -2.77. The number of fused-ring (bicyclic) bond motifs is 1. The average Bonchev–Trinajstić information content (AvgIpc) is 2.92. The SMILES string of the molecule is CC(C)(C)NC(=O)N1CCN(C(=O)Cc2ccc3[nH]c(=O)[nH]c3c2)CC1. The number of nitrogens with one attached hydrogen (secondary N) is 3. The van der Waals surface area contributed by atoms with Crippen molar-refractivity contribution in [2.75, 3.05) is 26.2 Å². The summed E-state index contributed by atoms with van der Waals surface area (Å²) in [5, 5.41) is 2.94. The number of amides is 3. The highest BCUT2D eigenvalue weighted by Gasteiger charge is 2.26. The zero-order valence-electron chi connectivity index (χ0n) is 15.4. The molecule has 8 nitrogen and oxygen atoms in total. The number of benzene rings is 1. The maximum Gasteiger partial charge on any atom is 0.323 e. The van der Waals surface area contributed by atoms with Crippen LogP contribution in [0.2, 0.25) is 0 Å². The van der Waals surface area contributed by atoms with E-state index >= 15 is 0 Å². The van der Waals surface area contributed by atoms with Crippen molar-refractivity contribution in [1.29, 1.82) is 0 Å². The van der Waals surface area contributed by atoms with E-state index in [2.05, 4.69) is 15.3 Å². The van der Waals surface area contributed by atoms with Crippen molar-refractivity contribution in [3.63, 3.8) is 0 Å². The van der Waals surface area contributed by atoms with Crippen LogP contribution in [0.15, 0.2) is 23.0 Å². The van der Waals surface area contributed by atoms with Crippen LogP contribution in [-0.2, 0) is 11.2 Å². The molecule has 3 amide bonds. The molecule has 1 aromatic carbocycles. The molecule has 0 aliphatic carbocycles. The van der Waals surface area contributed by atoms with E-state index in [1.807, 2.05) is 32.9 Å². The maximum atomic E-state index is 12.5. The molecule has 0 unspecified atom stereocenters. The summed E-state index contributed by atoms with van der Waals surface area (Å²) in [6.07, 6.45) is 0.275. The van der Waals surface area contributed by atoms with Crippen LogP contribution in [0, 0.1) is 0 Å². The Balaban J connectivity index is 1.56. The van der Waals surface area contributed by atoms with E-state index in [9.17, 15) is 14.4 Å². The predicted molar refractivity (Wildman–Crippen MR) is 99.1 cm³/mol. The standard InChI is InChI=1S/C18H25N5O3/c1-18(2,3)21-17(26)23-8-6-22(7-9-23)15(24)11-12-4-5-13-14(10-12)20-16(25)19-13/h4-5,10H,6-9,11H2,1-3H3,(H,21,26)(H2,19,20,25). The minimum absolute atomic E-state index is 0.0260. The molecule has 1 fully saturated rings. The van der Waals surface area contributed by atoms with Gasteiger partial charge in [-0.15, -0.1) is 0 Å². The van der Waals surface area contributed by atoms with E-state index in [0.717, 1.165) is 11.1 Å². The van der Waals surface area contributed by atoms with E-state index in [1.54, 1.807) is 15.9 Å². The summed E-state index contributed by atoms with van der Waals surface area (Å²) in [6.45, 7) is 7.94. The molecule has 0 bridgehead atoms. The Kier molecular flexibility index (Phi) is 4.76. The molecule has 0 atom stereocenters. The van der Waals surface area contributed by atoms with E-state index in [-0.39, 0.29) is 29.6 Å². The van der Waals surface area contributed by atoms with Gasteiger partial charge in [-0.1, -0.05) is 6.07 Å². The number of rotatable bonds is 2. The molecule has 0 radical (unpaired) electrons. The molecule has 2 aromatic rings. The second kappa shape index (κ2) is 6.86. The zero-order valence-corrected chi connectivity index (χ0v) is 15.4. The Morgan fingerprint density at radius 1 is 1.04 bits per heavy atom. The van der Waals surface area contributed by atoms with Crippen molar-refractivity contribution in [3.05, 3.63) is 34.2 Å². The minimum Gasteiger partial charge on any atom is -0.339 e. The lowest BCUT2D eigenvalue weighted by atomic mass is 10.1. The second-order valence-corrected chi connectivity index (χ2v) is 7.68. The van der Waals surface area contributed by atoms with E-state index in [0.29, 0.717) is 31.7 Å². The number of H-pyrrole nitrogens is 2. The summed E-state index contributed by atoms with van der Waals surface area (Å²) in [5.74, 6) is 0.0260. The van der Waals surface area contributed by atoms with Crippen molar-refractivity contribution < 1.29 is 9.59 Å². The van der Waals surface area contributed by atoms with Crippen LogP contribution in [-0.4, -0.2) is 63.4 Å². The Morgan fingerprint density at radius 2 is 1.65 bits per heavy atom. The topological polar surface area (TPSA) is 101 Å². The highest BCUT2D eigenvalue weighted by molar-refractivity contribution is 5.82. The summed E-state index contributed by atoms with van der Waals surface area (Å²) in [6, 6.07) is 5.37. The largest absolute Gasteiger partial charge is 0.339 e. The van der Waals surface area contributed by atoms with Crippen LogP contribution in [0.25, 0.3) is 11.0 Å². The van der Waals surface area contributed by atoms with E-state index in [4.69, 9.17) is 0 Å². The number of aromatic amines is 2. The fourth-order valence-electron chi connectivity index (χ4n) is 3.03. The third kappa shape index (κ3) is 4.25. The van der Waals surface area contributed by atoms with Gasteiger partial charge in [0.15, 0.2) is 0 Å². The molecule has 1 saturated heterocycles. The third-order valence-corrected chi connectivity index (χ3v) is 4.34. The number of piperazine rings is 1. The van der Waals surface area contributed by atoms with Gasteiger partial charge >= 0.3 is 11.7 Å². The number of imidazole rings is 1. The number of urea groups is 1. The Bertz CT molecular complexity index is 869. The highest BCUT2D eigenvalue weighted by atomic mass is 16.2. The Labute approximate surface area is 151 Å². The number of hydrogen-bond acceptors (Lipinski definition) is 3. The highest BCUT2D eigenvalue weighted by Crippen LogP contribution is 2.13. The molecule has 26 heavy (non-hydrogen) atoms. The van der Waals surface area contributed by atoms with Gasteiger partial charge in [0.1, 0.15) is 0 Å². The summed E-state index contributed by atoms with van der Waals surface area (Å²) < 4.78 is 0. The van der Waals surface area contributed by atoms with Gasteiger partial charge in [-0.05, 0) is 38.5 Å². The molecule has 1 aromatic heterocycles. The summed E-state index contributed by atoms with van der Waals surface area (Å²) in [4.78, 5) is 45.0. The molecular formula is C18H25N5O3. The van der Waals surface area contributed by atoms with Crippen LogP contribution < -0.4 is 11.0 Å². The van der Waals surface area contributed by atoms with E-state index < -0.39 is 0 Å². The van der Waals surface area contributed by atoms with Crippen LogP contribution in [0.4, 0.5) is 4.79 Å². The number of aromatic nitrogens is 2. The van der Waals surface area contributed by atoms with Gasteiger partial charge in [0, 0.05) is 31.7 Å². The normalized spacial score (nSPS) is 15.3. The van der Waals surface area contributed by atoms with Gasteiger partial charge in [-0.2, -0.15) is 0 Å². The van der Waals surface area contributed by atoms with Crippen molar-refractivity contribution >= 4 is 23.0 Å². The first-order chi connectivity index (χ1) is 12.2. The van der Waals surface area contributed by atoms with Crippen LogP contribution in [0.3, 0.4) is 0 Å². The first-order valence-electron chi connectivity index (χ1n) is 8.77. The van der Waals surface area contributed by atoms with Crippen molar-refractivity contribution in [2.24, 2.45) is 0 Å². The fourth-order valence-corrected chi connectivity index (χ4v) is 3.03. The van der Waals surface area contributed by atoms with Crippen molar-refractivity contribution in [1.82, 2.24) is 25.1 Å². The lowest BCUT2D eigenvalue weighted by Crippen LogP contribution is -2.56. The molecule has 140 valence electrons. The minimum atomic E-state index is -0.276. The van der Waals surface area contributed by atoms with Gasteiger partial charge in [0.05, 0.1) is 17.5 Å². The molecule has 0 spiro atoms.